The highest BCUT2D eigenvalue weighted by Gasteiger charge is 2.33. The molecule has 0 spiro atoms. The zero-order chi connectivity index (χ0) is 12.6. The summed E-state index contributed by atoms with van der Waals surface area (Å²) >= 11 is 11.6. The van der Waals surface area contributed by atoms with Gasteiger partial charge >= 0.3 is 10.2 Å². The van der Waals surface area contributed by atoms with Crippen molar-refractivity contribution in [2.24, 2.45) is 0 Å². The van der Waals surface area contributed by atoms with Crippen molar-refractivity contribution in [2.75, 3.05) is 6.54 Å². The maximum absolute atomic E-state index is 11.5. The van der Waals surface area contributed by atoms with Gasteiger partial charge in [0.15, 0.2) is 0 Å². The summed E-state index contributed by atoms with van der Waals surface area (Å²) in [7, 11) is -3.70. The Labute approximate surface area is 108 Å². The van der Waals surface area contributed by atoms with E-state index in [0.717, 1.165) is 4.31 Å². The molecule has 1 heterocycles. The highest BCUT2D eigenvalue weighted by Crippen LogP contribution is 2.24. The molecule has 0 radical (unpaired) electrons. The number of nitrogens with zero attached hydrogens (tertiary/aromatic N) is 1. The van der Waals surface area contributed by atoms with E-state index >= 15 is 0 Å². The quantitative estimate of drug-likeness (QED) is 0.890. The molecule has 0 atom stereocenters. The lowest BCUT2D eigenvalue weighted by atomic mass is 10.2. The predicted molar refractivity (Wildman–Crippen MR) is 63.9 cm³/mol. The van der Waals surface area contributed by atoms with Crippen LogP contribution in [0.2, 0.25) is 10.0 Å². The van der Waals surface area contributed by atoms with E-state index in [2.05, 4.69) is 0 Å². The van der Waals surface area contributed by atoms with Crippen LogP contribution in [0.15, 0.2) is 18.2 Å². The van der Waals surface area contributed by atoms with Crippen molar-refractivity contribution in [3.05, 3.63) is 33.8 Å². The summed E-state index contributed by atoms with van der Waals surface area (Å²) in [6.45, 7) is -0.0967. The molecule has 92 valence electrons. The molecule has 1 aliphatic rings. The van der Waals surface area contributed by atoms with Crippen LogP contribution < -0.4 is 4.72 Å². The average molecular weight is 295 g/mol. The van der Waals surface area contributed by atoms with E-state index in [4.69, 9.17) is 23.2 Å². The van der Waals surface area contributed by atoms with Crippen LogP contribution in [0, 0.1) is 0 Å². The summed E-state index contributed by atoms with van der Waals surface area (Å²) < 4.78 is 25.9. The van der Waals surface area contributed by atoms with Gasteiger partial charge < -0.3 is 0 Å². The van der Waals surface area contributed by atoms with Crippen molar-refractivity contribution in [1.29, 1.82) is 0 Å². The summed E-state index contributed by atoms with van der Waals surface area (Å²) in [5.41, 5.74) is 0.666. The fourth-order valence-electron chi connectivity index (χ4n) is 1.47. The van der Waals surface area contributed by atoms with Crippen LogP contribution in [-0.2, 0) is 21.5 Å². The molecule has 2 rings (SSSR count). The molecule has 0 bridgehead atoms. The lowest BCUT2D eigenvalue weighted by molar-refractivity contribution is -0.118. The van der Waals surface area contributed by atoms with E-state index in [1.54, 1.807) is 18.2 Å². The van der Waals surface area contributed by atoms with Crippen molar-refractivity contribution < 1.29 is 13.2 Å². The Balaban J connectivity index is 2.21. The topological polar surface area (TPSA) is 66.5 Å². The maximum atomic E-state index is 11.5. The van der Waals surface area contributed by atoms with E-state index in [-0.39, 0.29) is 13.1 Å². The Morgan fingerprint density at radius 2 is 2.00 bits per heavy atom. The number of carbonyl (C=O) groups is 1. The fraction of sp³-hybridized carbons (Fsp3) is 0.222. The Kier molecular flexibility index (Phi) is 3.31. The van der Waals surface area contributed by atoms with Gasteiger partial charge in [0.25, 0.3) is 0 Å². The summed E-state index contributed by atoms with van der Waals surface area (Å²) in [5.74, 6) is -0.537. The zero-order valence-corrected chi connectivity index (χ0v) is 10.8. The molecule has 5 nitrogen and oxygen atoms in total. The highest BCUT2D eigenvalue weighted by molar-refractivity contribution is 7.88. The molecular weight excluding hydrogens is 287 g/mol. The van der Waals surface area contributed by atoms with Gasteiger partial charge in [0.2, 0.25) is 5.91 Å². The van der Waals surface area contributed by atoms with E-state index in [0.29, 0.717) is 15.6 Å². The third kappa shape index (κ3) is 2.71. The Morgan fingerprint density at radius 1 is 1.29 bits per heavy atom. The van der Waals surface area contributed by atoms with Gasteiger partial charge in [0.05, 0.1) is 16.6 Å². The molecule has 0 saturated carbocycles. The van der Waals surface area contributed by atoms with Gasteiger partial charge in [0.1, 0.15) is 0 Å². The van der Waals surface area contributed by atoms with E-state index in [1.165, 1.54) is 0 Å². The first-order valence-electron chi connectivity index (χ1n) is 4.63. The van der Waals surface area contributed by atoms with Gasteiger partial charge in [-0.05, 0) is 17.7 Å². The van der Waals surface area contributed by atoms with E-state index < -0.39 is 16.1 Å². The lowest BCUT2D eigenvalue weighted by Gasteiger charge is -2.12. The maximum Gasteiger partial charge on any atom is 0.304 e. The summed E-state index contributed by atoms with van der Waals surface area (Å²) in [4.78, 5) is 11.0. The van der Waals surface area contributed by atoms with Crippen LogP contribution in [0.5, 0.6) is 0 Å². The second kappa shape index (κ2) is 4.45. The number of halogens is 2. The SMILES string of the molecule is O=C1CN(Cc2ccc(Cl)c(Cl)c2)S(=O)(=O)N1. The molecule has 17 heavy (non-hydrogen) atoms. The molecule has 1 aromatic rings. The van der Waals surface area contributed by atoms with Gasteiger partial charge in [0, 0.05) is 6.54 Å². The molecule has 0 aromatic heterocycles. The number of nitrogens with one attached hydrogen (secondary N) is 1. The predicted octanol–water partition coefficient (Wildman–Crippen LogP) is 1.17. The molecular formula is C9H8Cl2N2O3S. The molecule has 1 N–H and O–H groups in total. The summed E-state index contributed by atoms with van der Waals surface area (Å²) in [6.07, 6.45) is 0. The molecule has 1 aliphatic heterocycles. The van der Waals surface area contributed by atoms with Crippen molar-refractivity contribution in [3.63, 3.8) is 0 Å². The first kappa shape index (κ1) is 12.6. The molecule has 0 aliphatic carbocycles. The second-order valence-electron chi connectivity index (χ2n) is 3.55. The number of hydrogen-bond donors (Lipinski definition) is 1. The second-order valence-corrected chi connectivity index (χ2v) is 6.03. The molecule has 1 aromatic carbocycles. The minimum atomic E-state index is -3.70. The Morgan fingerprint density at radius 3 is 2.53 bits per heavy atom. The fourth-order valence-corrected chi connectivity index (χ4v) is 2.88. The molecule has 1 saturated heterocycles. The third-order valence-corrected chi connectivity index (χ3v) is 4.41. The largest absolute Gasteiger partial charge is 0.304 e. The zero-order valence-electron chi connectivity index (χ0n) is 8.48. The smallest absolute Gasteiger partial charge is 0.272 e. The van der Waals surface area contributed by atoms with Gasteiger partial charge in [-0.15, -0.1) is 0 Å². The molecule has 8 heteroatoms. The van der Waals surface area contributed by atoms with Crippen molar-refractivity contribution in [2.45, 2.75) is 6.54 Å². The van der Waals surface area contributed by atoms with Crippen molar-refractivity contribution >= 4 is 39.3 Å². The monoisotopic (exact) mass is 294 g/mol. The van der Waals surface area contributed by atoms with Crippen molar-refractivity contribution in [1.82, 2.24) is 9.03 Å². The normalized spacial score (nSPS) is 19.3. The van der Waals surface area contributed by atoms with E-state index in [1.807, 2.05) is 4.72 Å². The third-order valence-electron chi connectivity index (χ3n) is 2.25. The molecule has 0 unspecified atom stereocenters. The Hall–Kier alpha value is -0.820. The number of carbonyl (C=O) groups excluding carboxylic acids is 1. The van der Waals surface area contributed by atoms with Crippen LogP contribution in [0.25, 0.3) is 0 Å². The summed E-state index contributed by atoms with van der Waals surface area (Å²) in [5, 5.41) is 0.744. The minimum absolute atomic E-state index is 0.0813. The van der Waals surface area contributed by atoms with Gasteiger partial charge in [-0.2, -0.15) is 12.7 Å². The summed E-state index contributed by atoms with van der Waals surface area (Å²) in [6, 6.07) is 4.81. The van der Waals surface area contributed by atoms with Crippen LogP contribution in [0.3, 0.4) is 0 Å². The first-order chi connectivity index (χ1) is 7.88. The average Bonchev–Trinajstić information content (AvgIpc) is 2.46. The van der Waals surface area contributed by atoms with Gasteiger partial charge in [-0.25, -0.2) is 4.72 Å². The lowest BCUT2D eigenvalue weighted by Crippen LogP contribution is -2.29. The molecule has 1 amide bonds. The van der Waals surface area contributed by atoms with Crippen LogP contribution >= 0.6 is 23.2 Å². The van der Waals surface area contributed by atoms with Crippen LogP contribution in [0.4, 0.5) is 0 Å². The van der Waals surface area contributed by atoms with Gasteiger partial charge in [-0.3, -0.25) is 4.79 Å². The first-order valence-corrected chi connectivity index (χ1v) is 6.83. The Bertz CT molecular complexity index is 574. The van der Waals surface area contributed by atoms with Crippen LogP contribution in [-0.4, -0.2) is 25.2 Å². The number of hydrogen-bond acceptors (Lipinski definition) is 3. The number of amides is 1. The van der Waals surface area contributed by atoms with E-state index in [9.17, 15) is 13.2 Å². The molecule has 1 fully saturated rings. The number of rotatable bonds is 2. The van der Waals surface area contributed by atoms with Gasteiger partial charge in [-0.1, -0.05) is 29.3 Å². The highest BCUT2D eigenvalue weighted by atomic mass is 35.5. The minimum Gasteiger partial charge on any atom is -0.272 e. The van der Waals surface area contributed by atoms with Crippen LogP contribution in [0.1, 0.15) is 5.56 Å². The standard InChI is InChI=1S/C9H8Cl2N2O3S/c10-7-2-1-6(3-8(7)11)4-13-5-9(14)12-17(13,15)16/h1-3H,4-5H2,(H,12,14). The number of benzene rings is 1. The van der Waals surface area contributed by atoms with Crippen molar-refractivity contribution in [3.8, 4) is 0 Å².